The van der Waals surface area contributed by atoms with Crippen LogP contribution in [0.15, 0.2) is 54.9 Å². The topological polar surface area (TPSA) is 63.8 Å². The van der Waals surface area contributed by atoms with E-state index in [9.17, 15) is 0 Å². The van der Waals surface area contributed by atoms with Gasteiger partial charge in [-0.25, -0.2) is 4.98 Å². The van der Waals surface area contributed by atoms with Crippen LogP contribution < -0.4 is 11.1 Å². The van der Waals surface area contributed by atoms with Gasteiger partial charge in [-0.05, 0) is 43.4 Å². The molecule has 1 aliphatic carbocycles. The zero-order valence-electron chi connectivity index (χ0n) is 13.7. The number of fused-ring (bicyclic) bond motifs is 1. The van der Waals surface area contributed by atoms with E-state index in [0.29, 0.717) is 12.1 Å². The molecule has 0 atom stereocenters. The lowest BCUT2D eigenvalue weighted by Gasteiger charge is -2.27. The second kappa shape index (κ2) is 6.57. The number of aromatic nitrogens is 2. The van der Waals surface area contributed by atoms with Gasteiger partial charge in [-0.15, -0.1) is 0 Å². The third-order valence-corrected chi connectivity index (χ3v) is 4.81. The molecule has 4 rings (SSSR count). The van der Waals surface area contributed by atoms with Gasteiger partial charge in [0.25, 0.3) is 0 Å². The molecule has 122 valence electrons. The monoisotopic (exact) mass is 318 g/mol. The van der Waals surface area contributed by atoms with E-state index in [-0.39, 0.29) is 0 Å². The molecule has 4 heteroatoms. The predicted molar refractivity (Wildman–Crippen MR) is 98.8 cm³/mol. The summed E-state index contributed by atoms with van der Waals surface area (Å²) in [5.74, 6) is 0.936. The third-order valence-electron chi connectivity index (χ3n) is 4.81. The number of rotatable bonds is 3. The number of anilines is 1. The van der Waals surface area contributed by atoms with Gasteiger partial charge in [-0.1, -0.05) is 30.3 Å². The minimum atomic E-state index is 0.364. The van der Waals surface area contributed by atoms with Crippen LogP contribution in [0, 0.1) is 0 Å². The Hall–Kier alpha value is -2.46. The molecule has 0 unspecified atom stereocenters. The Morgan fingerprint density at radius 3 is 2.50 bits per heavy atom. The maximum atomic E-state index is 6.00. The second-order valence-corrected chi connectivity index (χ2v) is 6.58. The van der Waals surface area contributed by atoms with Crippen molar-refractivity contribution in [3.8, 4) is 11.1 Å². The van der Waals surface area contributed by atoms with Crippen molar-refractivity contribution < 1.29 is 0 Å². The molecule has 1 fully saturated rings. The fourth-order valence-electron chi connectivity index (χ4n) is 3.43. The summed E-state index contributed by atoms with van der Waals surface area (Å²) >= 11 is 0. The molecule has 0 amide bonds. The summed E-state index contributed by atoms with van der Waals surface area (Å²) in [6, 6.07) is 15.3. The van der Waals surface area contributed by atoms with E-state index in [1.165, 1.54) is 0 Å². The highest BCUT2D eigenvalue weighted by Crippen LogP contribution is 2.28. The van der Waals surface area contributed by atoms with Crippen LogP contribution in [-0.2, 0) is 0 Å². The van der Waals surface area contributed by atoms with Crippen LogP contribution in [0.4, 0.5) is 5.82 Å². The SMILES string of the molecule is NC1CCC(Nc2ccc3cncc(-c4ccccc4)c3n2)CC1. The number of nitrogens with two attached hydrogens (primary N) is 1. The Kier molecular flexibility index (Phi) is 4.13. The Bertz CT molecular complexity index is 823. The average Bonchev–Trinajstić information content (AvgIpc) is 2.64. The first-order valence-corrected chi connectivity index (χ1v) is 8.62. The van der Waals surface area contributed by atoms with E-state index < -0.39 is 0 Å². The quantitative estimate of drug-likeness (QED) is 0.767. The van der Waals surface area contributed by atoms with Gasteiger partial charge in [0.15, 0.2) is 0 Å². The van der Waals surface area contributed by atoms with Crippen molar-refractivity contribution in [2.45, 2.75) is 37.8 Å². The number of hydrogen-bond acceptors (Lipinski definition) is 4. The van der Waals surface area contributed by atoms with Crippen molar-refractivity contribution in [1.82, 2.24) is 9.97 Å². The molecule has 0 radical (unpaired) electrons. The molecular weight excluding hydrogens is 296 g/mol. The maximum Gasteiger partial charge on any atom is 0.126 e. The van der Waals surface area contributed by atoms with Crippen LogP contribution in [0.25, 0.3) is 22.0 Å². The Morgan fingerprint density at radius 1 is 0.917 bits per heavy atom. The normalized spacial score (nSPS) is 20.9. The van der Waals surface area contributed by atoms with Crippen LogP contribution in [-0.4, -0.2) is 22.1 Å². The molecule has 1 saturated carbocycles. The Labute approximate surface area is 142 Å². The minimum Gasteiger partial charge on any atom is -0.367 e. The fourth-order valence-corrected chi connectivity index (χ4v) is 3.43. The van der Waals surface area contributed by atoms with Crippen molar-refractivity contribution >= 4 is 16.7 Å². The fraction of sp³-hybridized carbons (Fsp3) is 0.300. The number of hydrogen-bond donors (Lipinski definition) is 2. The van der Waals surface area contributed by atoms with Gasteiger partial charge in [0.05, 0.1) is 5.52 Å². The van der Waals surface area contributed by atoms with Crippen molar-refractivity contribution in [2.24, 2.45) is 5.73 Å². The molecule has 1 aliphatic rings. The first-order chi connectivity index (χ1) is 11.8. The molecule has 0 aliphatic heterocycles. The molecule has 3 N–H and O–H groups in total. The van der Waals surface area contributed by atoms with E-state index in [1.807, 2.05) is 36.7 Å². The molecule has 2 aromatic heterocycles. The summed E-state index contributed by atoms with van der Waals surface area (Å²) in [7, 11) is 0. The molecule has 0 spiro atoms. The highest BCUT2D eigenvalue weighted by molar-refractivity contribution is 5.93. The summed E-state index contributed by atoms with van der Waals surface area (Å²) in [5.41, 5.74) is 9.21. The third kappa shape index (κ3) is 3.10. The van der Waals surface area contributed by atoms with Gasteiger partial charge in [0, 0.05) is 35.4 Å². The Balaban J connectivity index is 1.67. The summed E-state index contributed by atoms with van der Waals surface area (Å²) in [6.45, 7) is 0. The minimum absolute atomic E-state index is 0.364. The molecule has 0 saturated heterocycles. The lowest BCUT2D eigenvalue weighted by atomic mass is 9.92. The smallest absolute Gasteiger partial charge is 0.126 e. The molecule has 0 bridgehead atoms. The van der Waals surface area contributed by atoms with E-state index in [1.54, 1.807) is 0 Å². The van der Waals surface area contributed by atoms with E-state index >= 15 is 0 Å². The van der Waals surface area contributed by atoms with Crippen LogP contribution >= 0.6 is 0 Å². The summed E-state index contributed by atoms with van der Waals surface area (Å²) in [5, 5.41) is 4.65. The van der Waals surface area contributed by atoms with Crippen LogP contribution in [0.3, 0.4) is 0 Å². The number of nitrogens with zero attached hydrogens (tertiary/aromatic N) is 2. The van der Waals surface area contributed by atoms with E-state index in [2.05, 4.69) is 28.5 Å². The average molecular weight is 318 g/mol. The van der Waals surface area contributed by atoms with Gasteiger partial charge in [-0.3, -0.25) is 4.98 Å². The lowest BCUT2D eigenvalue weighted by molar-refractivity contribution is 0.410. The van der Waals surface area contributed by atoms with Gasteiger partial charge in [0.2, 0.25) is 0 Å². The van der Waals surface area contributed by atoms with Gasteiger partial charge >= 0.3 is 0 Å². The van der Waals surface area contributed by atoms with Crippen molar-refractivity contribution in [2.75, 3.05) is 5.32 Å². The highest BCUT2D eigenvalue weighted by atomic mass is 15.0. The first-order valence-electron chi connectivity index (χ1n) is 8.62. The van der Waals surface area contributed by atoms with Crippen LogP contribution in [0.2, 0.25) is 0 Å². The molecule has 24 heavy (non-hydrogen) atoms. The first kappa shape index (κ1) is 15.1. The zero-order chi connectivity index (χ0) is 16.4. The standard InChI is InChI=1S/C20H22N4/c21-16-7-9-17(10-8-16)23-19-11-6-15-12-22-13-18(20(15)24-19)14-4-2-1-3-5-14/h1-6,11-13,16-17H,7-10,21H2,(H,23,24). The summed E-state index contributed by atoms with van der Waals surface area (Å²) in [4.78, 5) is 9.25. The van der Waals surface area contributed by atoms with Gasteiger partial charge in [0.1, 0.15) is 5.82 Å². The van der Waals surface area contributed by atoms with Crippen LogP contribution in [0.5, 0.6) is 0 Å². The molecule has 1 aromatic carbocycles. The highest BCUT2D eigenvalue weighted by Gasteiger charge is 2.18. The van der Waals surface area contributed by atoms with Crippen molar-refractivity contribution in [3.05, 3.63) is 54.9 Å². The maximum absolute atomic E-state index is 6.00. The number of benzene rings is 1. The second-order valence-electron chi connectivity index (χ2n) is 6.58. The number of nitrogens with one attached hydrogen (secondary N) is 1. The largest absolute Gasteiger partial charge is 0.367 e. The zero-order valence-corrected chi connectivity index (χ0v) is 13.7. The van der Waals surface area contributed by atoms with E-state index in [0.717, 1.165) is 53.5 Å². The molecule has 4 nitrogen and oxygen atoms in total. The van der Waals surface area contributed by atoms with E-state index in [4.69, 9.17) is 10.7 Å². The predicted octanol–water partition coefficient (Wildman–Crippen LogP) is 3.98. The van der Waals surface area contributed by atoms with Crippen molar-refractivity contribution in [3.63, 3.8) is 0 Å². The Morgan fingerprint density at radius 2 is 1.71 bits per heavy atom. The summed E-state index contributed by atoms with van der Waals surface area (Å²) in [6.07, 6.45) is 8.17. The molecular formula is C20H22N4. The molecule has 2 heterocycles. The van der Waals surface area contributed by atoms with Gasteiger partial charge in [-0.2, -0.15) is 0 Å². The van der Waals surface area contributed by atoms with Crippen LogP contribution in [0.1, 0.15) is 25.7 Å². The van der Waals surface area contributed by atoms with Crippen molar-refractivity contribution in [1.29, 1.82) is 0 Å². The number of pyridine rings is 2. The molecule has 3 aromatic rings. The lowest BCUT2D eigenvalue weighted by Crippen LogP contribution is -2.33. The summed E-state index contributed by atoms with van der Waals surface area (Å²) < 4.78 is 0. The van der Waals surface area contributed by atoms with Gasteiger partial charge < -0.3 is 11.1 Å².